The lowest BCUT2D eigenvalue weighted by Gasteiger charge is -2.33. The number of amides is 1. The highest BCUT2D eigenvalue weighted by molar-refractivity contribution is 7.98. The van der Waals surface area contributed by atoms with Crippen LogP contribution in [0.3, 0.4) is 0 Å². The monoisotopic (exact) mass is 372 g/mol. The Kier molecular flexibility index (Phi) is 7.14. The number of carbonyl (C=O) groups excluding carboxylic acids is 1. The fourth-order valence-corrected chi connectivity index (χ4v) is 3.94. The van der Waals surface area contributed by atoms with Crippen LogP contribution >= 0.6 is 11.8 Å². The van der Waals surface area contributed by atoms with Gasteiger partial charge in [0.05, 0.1) is 0 Å². The van der Waals surface area contributed by atoms with E-state index in [0.29, 0.717) is 0 Å². The largest absolute Gasteiger partial charge is 0.351 e. The molecule has 5 nitrogen and oxygen atoms in total. The number of thioether (sulfide) groups is 1. The first-order valence-electron chi connectivity index (χ1n) is 9.29. The van der Waals surface area contributed by atoms with Crippen LogP contribution in [-0.4, -0.2) is 51.5 Å². The van der Waals surface area contributed by atoms with Gasteiger partial charge in [-0.2, -0.15) is 11.8 Å². The zero-order valence-corrected chi connectivity index (χ0v) is 16.2. The molecule has 0 radical (unpaired) electrons. The lowest BCUT2D eigenvalue weighted by atomic mass is 10.0. The van der Waals surface area contributed by atoms with Gasteiger partial charge in [-0.1, -0.05) is 6.07 Å². The SMILES string of the molecule is CSCC[C@@H](C(=O)NC1CCN(Cc2cccnc2)CC1)n1cccc1. The van der Waals surface area contributed by atoms with E-state index in [1.807, 2.05) is 47.6 Å². The fourth-order valence-electron chi connectivity index (χ4n) is 3.48. The molecule has 0 bridgehead atoms. The molecule has 140 valence electrons. The molecule has 1 amide bonds. The van der Waals surface area contributed by atoms with E-state index >= 15 is 0 Å². The molecule has 0 saturated carbocycles. The van der Waals surface area contributed by atoms with Gasteiger partial charge in [-0.15, -0.1) is 0 Å². The Hall–Kier alpha value is -1.79. The molecule has 3 heterocycles. The number of aromatic nitrogens is 2. The molecule has 0 spiro atoms. The van der Waals surface area contributed by atoms with E-state index < -0.39 is 0 Å². The van der Waals surface area contributed by atoms with Crippen LogP contribution in [0.4, 0.5) is 0 Å². The molecular weight excluding hydrogens is 344 g/mol. The summed E-state index contributed by atoms with van der Waals surface area (Å²) in [6.07, 6.45) is 12.7. The summed E-state index contributed by atoms with van der Waals surface area (Å²) in [4.78, 5) is 19.5. The highest BCUT2D eigenvalue weighted by atomic mass is 32.2. The predicted molar refractivity (Wildman–Crippen MR) is 107 cm³/mol. The average molecular weight is 373 g/mol. The van der Waals surface area contributed by atoms with Crippen molar-refractivity contribution in [3.63, 3.8) is 0 Å². The number of hydrogen-bond acceptors (Lipinski definition) is 4. The van der Waals surface area contributed by atoms with Crippen LogP contribution in [0.1, 0.15) is 30.9 Å². The molecule has 1 aliphatic heterocycles. The summed E-state index contributed by atoms with van der Waals surface area (Å²) in [6.45, 7) is 2.96. The summed E-state index contributed by atoms with van der Waals surface area (Å²) < 4.78 is 2.03. The Morgan fingerprint density at radius 2 is 2.08 bits per heavy atom. The second-order valence-corrected chi connectivity index (χ2v) is 7.83. The first-order valence-corrected chi connectivity index (χ1v) is 10.7. The maximum atomic E-state index is 12.8. The Morgan fingerprint density at radius 3 is 2.73 bits per heavy atom. The van der Waals surface area contributed by atoms with Gasteiger partial charge in [-0.3, -0.25) is 14.7 Å². The van der Waals surface area contributed by atoms with Gasteiger partial charge in [0.2, 0.25) is 5.91 Å². The first-order chi connectivity index (χ1) is 12.8. The molecule has 3 rings (SSSR count). The molecule has 26 heavy (non-hydrogen) atoms. The van der Waals surface area contributed by atoms with Gasteiger partial charge in [-0.05, 0) is 55.0 Å². The zero-order chi connectivity index (χ0) is 18.2. The summed E-state index contributed by atoms with van der Waals surface area (Å²) in [5.41, 5.74) is 1.25. The summed E-state index contributed by atoms with van der Waals surface area (Å²) in [5.74, 6) is 1.14. The van der Waals surface area contributed by atoms with Crippen LogP contribution in [0.15, 0.2) is 49.1 Å². The minimum absolute atomic E-state index is 0.106. The highest BCUT2D eigenvalue weighted by Gasteiger charge is 2.25. The van der Waals surface area contributed by atoms with Crippen LogP contribution in [0.2, 0.25) is 0 Å². The molecule has 0 aromatic carbocycles. The number of carbonyl (C=O) groups is 1. The number of nitrogens with zero attached hydrogens (tertiary/aromatic N) is 3. The van der Waals surface area contributed by atoms with E-state index in [2.05, 4.69) is 27.5 Å². The number of nitrogens with one attached hydrogen (secondary N) is 1. The zero-order valence-electron chi connectivity index (χ0n) is 15.4. The second-order valence-electron chi connectivity index (χ2n) is 6.85. The molecule has 6 heteroatoms. The third-order valence-electron chi connectivity index (χ3n) is 4.95. The lowest BCUT2D eigenvalue weighted by molar-refractivity contribution is -0.125. The van der Waals surface area contributed by atoms with Crippen molar-refractivity contribution in [2.24, 2.45) is 0 Å². The van der Waals surface area contributed by atoms with Crippen molar-refractivity contribution in [3.05, 3.63) is 54.6 Å². The van der Waals surface area contributed by atoms with Gasteiger partial charge in [0, 0.05) is 50.5 Å². The smallest absolute Gasteiger partial charge is 0.243 e. The summed E-state index contributed by atoms with van der Waals surface area (Å²) >= 11 is 1.79. The van der Waals surface area contributed by atoms with Gasteiger partial charge in [-0.25, -0.2) is 0 Å². The van der Waals surface area contributed by atoms with Crippen LogP contribution in [0, 0.1) is 0 Å². The van der Waals surface area contributed by atoms with E-state index in [-0.39, 0.29) is 18.0 Å². The van der Waals surface area contributed by atoms with Crippen molar-refractivity contribution in [1.29, 1.82) is 0 Å². The Bertz CT molecular complexity index is 654. The van der Waals surface area contributed by atoms with Gasteiger partial charge >= 0.3 is 0 Å². The van der Waals surface area contributed by atoms with Crippen molar-refractivity contribution in [2.45, 2.75) is 37.9 Å². The summed E-state index contributed by atoms with van der Waals surface area (Å²) in [7, 11) is 0. The molecule has 1 fully saturated rings. The number of hydrogen-bond donors (Lipinski definition) is 1. The van der Waals surface area contributed by atoms with Gasteiger partial charge in [0.25, 0.3) is 0 Å². The molecule has 2 aromatic rings. The Morgan fingerprint density at radius 1 is 1.31 bits per heavy atom. The van der Waals surface area contributed by atoms with E-state index in [4.69, 9.17) is 0 Å². The molecule has 0 unspecified atom stereocenters. The van der Waals surface area contributed by atoms with Crippen molar-refractivity contribution in [3.8, 4) is 0 Å². The minimum Gasteiger partial charge on any atom is -0.351 e. The van der Waals surface area contributed by atoms with Gasteiger partial charge < -0.3 is 9.88 Å². The quantitative estimate of drug-likeness (QED) is 0.774. The molecule has 1 aliphatic rings. The van der Waals surface area contributed by atoms with E-state index in [1.165, 1.54) is 5.56 Å². The number of likely N-dealkylation sites (tertiary alicyclic amines) is 1. The normalized spacial score (nSPS) is 17.1. The van der Waals surface area contributed by atoms with Crippen LogP contribution in [0.5, 0.6) is 0 Å². The number of piperidine rings is 1. The molecule has 1 atom stereocenters. The molecule has 1 saturated heterocycles. The standard InChI is InChI=1S/C20H28N4OS/c1-26-14-8-19(24-10-2-3-11-24)20(25)22-18-6-12-23(13-7-18)16-17-5-4-9-21-15-17/h2-5,9-11,15,18-19H,6-8,12-14,16H2,1H3,(H,22,25)/t19-/m0/s1. The van der Waals surface area contributed by atoms with E-state index in [1.54, 1.807) is 11.8 Å². The van der Waals surface area contributed by atoms with Crippen LogP contribution in [-0.2, 0) is 11.3 Å². The fraction of sp³-hybridized carbons (Fsp3) is 0.500. The number of pyridine rings is 1. The van der Waals surface area contributed by atoms with Crippen molar-refractivity contribution < 1.29 is 4.79 Å². The first kappa shape index (κ1) is 19.0. The molecule has 1 N–H and O–H groups in total. The highest BCUT2D eigenvalue weighted by Crippen LogP contribution is 2.18. The van der Waals surface area contributed by atoms with Gasteiger partial charge in [0.1, 0.15) is 6.04 Å². The molecule has 0 aliphatic carbocycles. The second kappa shape index (κ2) is 9.78. The maximum Gasteiger partial charge on any atom is 0.243 e. The van der Waals surface area contributed by atoms with Gasteiger partial charge in [0.15, 0.2) is 0 Å². The average Bonchev–Trinajstić information content (AvgIpc) is 3.19. The van der Waals surface area contributed by atoms with Crippen molar-refractivity contribution in [2.75, 3.05) is 25.1 Å². The predicted octanol–water partition coefficient (Wildman–Crippen LogP) is 2.96. The maximum absolute atomic E-state index is 12.8. The van der Waals surface area contributed by atoms with E-state index in [0.717, 1.165) is 44.6 Å². The van der Waals surface area contributed by atoms with E-state index in [9.17, 15) is 4.79 Å². The van der Waals surface area contributed by atoms with Crippen molar-refractivity contribution in [1.82, 2.24) is 19.8 Å². The topological polar surface area (TPSA) is 50.2 Å². The Balaban J connectivity index is 1.49. The summed E-state index contributed by atoms with van der Waals surface area (Å²) in [5, 5.41) is 3.29. The van der Waals surface area contributed by atoms with Crippen molar-refractivity contribution >= 4 is 17.7 Å². The lowest BCUT2D eigenvalue weighted by Crippen LogP contribution is -2.46. The third kappa shape index (κ3) is 5.35. The minimum atomic E-state index is -0.106. The summed E-state index contributed by atoms with van der Waals surface area (Å²) in [6, 6.07) is 8.24. The number of rotatable bonds is 8. The van der Waals surface area contributed by atoms with Crippen LogP contribution in [0.25, 0.3) is 0 Å². The molecular formula is C20H28N4OS. The molecule has 2 aromatic heterocycles. The third-order valence-corrected chi connectivity index (χ3v) is 5.59. The van der Waals surface area contributed by atoms with Crippen LogP contribution < -0.4 is 5.32 Å². The Labute approximate surface area is 160 Å².